The van der Waals surface area contributed by atoms with Gasteiger partial charge in [0, 0.05) is 32.7 Å². The second kappa shape index (κ2) is 8.27. The number of likely N-dealkylation sites (N-methyl/N-ethyl adjacent to an activating group) is 1. The normalized spacial score (nSPS) is 15.7. The minimum absolute atomic E-state index is 0. The Morgan fingerprint density at radius 2 is 2.00 bits per heavy atom. The Hall–Kier alpha value is -0.900. The first-order valence-corrected chi connectivity index (χ1v) is 7.79. The second-order valence-corrected chi connectivity index (χ2v) is 6.59. The monoisotopic (exact) mass is 372 g/mol. The number of hydrogen-bond acceptors (Lipinski definition) is 5. The van der Waals surface area contributed by atoms with Gasteiger partial charge in [0.1, 0.15) is 0 Å². The number of halogens is 4. The Balaban J connectivity index is 0.00000264. The zero-order valence-electron chi connectivity index (χ0n) is 12.9. The van der Waals surface area contributed by atoms with E-state index >= 15 is 0 Å². The number of carbonyl (C=O) groups excluding carboxylic acids is 1. The summed E-state index contributed by atoms with van der Waals surface area (Å²) in [5, 5.41) is 3.53. The molecular weight excluding hydrogens is 353 g/mol. The molecule has 1 aromatic heterocycles. The van der Waals surface area contributed by atoms with Crippen LogP contribution in [0.1, 0.15) is 15.6 Å². The van der Waals surface area contributed by atoms with Crippen LogP contribution in [-0.2, 0) is 17.5 Å². The molecule has 1 aromatic rings. The molecule has 23 heavy (non-hydrogen) atoms. The molecule has 0 atom stereocenters. The van der Waals surface area contributed by atoms with Crippen LogP contribution in [0.5, 0.6) is 0 Å². The van der Waals surface area contributed by atoms with E-state index in [0.29, 0.717) is 18.1 Å². The number of nitrogens with one attached hydrogen (secondary N) is 1. The quantitative estimate of drug-likeness (QED) is 0.875. The molecule has 1 aliphatic heterocycles. The third kappa shape index (κ3) is 5.59. The van der Waals surface area contributed by atoms with Crippen LogP contribution in [0, 0.1) is 6.92 Å². The lowest BCUT2D eigenvalue weighted by molar-refractivity contribution is -0.141. The number of alkyl halides is 3. The van der Waals surface area contributed by atoms with Gasteiger partial charge in [-0.25, -0.2) is 4.98 Å². The maximum atomic E-state index is 12.9. The summed E-state index contributed by atoms with van der Waals surface area (Å²) < 4.78 is 38.7. The number of aromatic nitrogens is 1. The summed E-state index contributed by atoms with van der Waals surface area (Å²) >= 11 is 1.02. The third-order valence-electron chi connectivity index (χ3n) is 3.36. The molecule has 1 saturated heterocycles. The van der Waals surface area contributed by atoms with E-state index in [1.54, 1.807) is 23.8 Å². The van der Waals surface area contributed by atoms with Crippen LogP contribution in [0.2, 0.25) is 0 Å². The van der Waals surface area contributed by atoms with E-state index in [-0.39, 0.29) is 36.3 Å². The van der Waals surface area contributed by atoms with E-state index in [4.69, 9.17) is 0 Å². The van der Waals surface area contributed by atoms with Gasteiger partial charge in [-0.1, -0.05) is 0 Å². The molecule has 0 radical (unpaired) electrons. The molecule has 132 valence electrons. The van der Waals surface area contributed by atoms with Crippen LogP contribution < -0.4 is 5.32 Å². The van der Waals surface area contributed by atoms with Crippen LogP contribution >= 0.6 is 23.7 Å². The number of hydrogen-bond donors (Lipinski definition) is 1. The number of aryl methyl sites for hydroxylation is 1. The Kier molecular flexibility index (Phi) is 7.25. The zero-order chi connectivity index (χ0) is 16.3. The second-order valence-electron chi connectivity index (χ2n) is 5.31. The summed E-state index contributed by atoms with van der Waals surface area (Å²) in [4.78, 5) is 19.2. The maximum Gasteiger partial charge on any atom is 0.434 e. The van der Waals surface area contributed by atoms with Gasteiger partial charge in [0.2, 0.25) is 5.91 Å². The van der Waals surface area contributed by atoms with Crippen molar-refractivity contribution in [3.05, 3.63) is 15.6 Å². The molecule has 1 amide bonds. The van der Waals surface area contributed by atoms with Gasteiger partial charge in [-0.2, -0.15) is 13.2 Å². The van der Waals surface area contributed by atoms with Crippen LogP contribution in [0.25, 0.3) is 0 Å². The summed E-state index contributed by atoms with van der Waals surface area (Å²) in [5.41, 5.74) is -0.837. The van der Waals surface area contributed by atoms with Gasteiger partial charge in [-0.05, 0) is 14.0 Å². The van der Waals surface area contributed by atoms with Crippen molar-refractivity contribution in [2.75, 3.05) is 39.8 Å². The summed E-state index contributed by atoms with van der Waals surface area (Å²) in [6.07, 6.45) is -4.45. The average Bonchev–Trinajstić information content (AvgIpc) is 2.80. The van der Waals surface area contributed by atoms with E-state index in [1.807, 2.05) is 0 Å². The Labute approximate surface area is 143 Å². The molecule has 1 N–H and O–H groups in total. The average molecular weight is 373 g/mol. The van der Waals surface area contributed by atoms with Crippen molar-refractivity contribution < 1.29 is 18.0 Å². The van der Waals surface area contributed by atoms with Crippen LogP contribution in [-0.4, -0.2) is 60.5 Å². The summed E-state index contributed by atoms with van der Waals surface area (Å²) in [5.74, 6) is -0.0567. The highest BCUT2D eigenvalue weighted by Crippen LogP contribution is 2.34. The smallest absolute Gasteiger partial charge is 0.339 e. The molecule has 0 aromatic carbocycles. The maximum absolute atomic E-state index is 12.9. The zero-order valence-corrected chi connectivity index (χ0v) is 14.6. The van der Waals surface area contributed by atoms with Crippen molar-refractivity contribution in [3.63, 3.8) is 0 Å². The third-order valence-corrected chi connectivity index (χ3v) is 4.32. The first-order chi connectivity index (χ1) is 10.3. The van der Waals surface area contributed by atoms with Crippen molar-refractivity contribution in [3.8, 4) is 0 Å². The molecule has 2 rings (SSSR count). The molecule has 10 heteroatoms. The van der Waals surface area contributed by atoms with Crippen molar-refractivity contribution in [2.24, 2.45) is 0 Å². The van der Waals surface area contributed by atoms with E-state index in [0.717, 1.165) is 24.4 Å². The van der Waals surface area contributed by atoms with Gasteiger partial charge in [-0.3, -0.25) is 9.69 Å². The lowest BCUT2D eigenvalue weighted by atomic mass is 10.3. The fourth-order valence-corrected chi connectivity index (χ4v) is 3.38. The first kappa shape index (κ1) is 20.1. The molecule has 2 heterocycles. The number of carbonyl (C=O) groups is 1. The lowest BCUT2D eigenvalue weighted by Crippen LogP contribution is -2.49. The molecule has 0 saturated carbocycles. The van der Waals surface area contributed by atoms with Crippen molar-refractivity contribution in [2.45, 2.75) is 19.6 Å². The molecule has 0 spiro atoms. The van der Waals surface area contributed by atoms with Gasteiger partial charge in [0.05, 0.1) is 16.4 Å². The van der Waals surface area contributed by atoms with Crippen molar-refractivity contribution >= 4 is 29.7 Å². The van der Waals surface area contributed by atoms with E-state index < -0.39 is 11.9 Å². The Morgan fingerprint density at radius 3 is 2.57 bits per heavy atom. The topological polar surface area (TPSA) is 48.5 Å². The van der Waals surface area contributed by atoms with Crippen molar-refractivity contribution in [1.29, 1.82) is 0 Å². The van der Waals surface area contributed by atoms with E-state index in [9.17, 15) is 18.0 Å². The Morgan fingerprint density at radius 1 is 1.39 bits per heavy atom. The fraction of sp³-hybridized carbons (Fsp3) is 0.692. The highest BCUT2D eigenvalue weighted by atomic mass is 35.5. The number of rotatable bonds is 4. The van der Waals surface area contributed by atoms with Gasteiger partial charge in [-0.15, -0.1) is 23.7 Å². The van der Waals surface area contributed by atoms with Crippen LogP contribution in [0.3, 0.4) is 0 Å². The SMILES string of the molecule is Cc1nc(C(F)(F)F)c(CN(C)CC(=O)N2CCNCC2)s1.Cl. The molecule has 0 unspecified atom stereocenters. The largest absolute Gasteiger partial charge is 0.434 e. The van der Waals surface area contributed by atoms with E-state index in [1.165, 1.54) is 0 Å². The highest BCUT2D eigenvalue weighted by Gasteiger charge is 2.37. The van der Waals surface area contributed by atoms with Crippen molar-refractivity contribution in [1.82, 2.24) is 20.1 Å². The molecule has 0 bridgehead atoms. The number of thiazole rings is 1. The summed E-state index contributed by atoms with van der Waals surface area (Å²) in [6, 6.07) is 0. The minimum atomic E-state index is -4.45. The van der Waals surface area contributed by atoms with Crippen LogP contribution in [0.15, 0.2) is 0 Å². The van der Waals surface area contributed by atoms with Gasteiger partial charge < -0.3 is 10.2 Å². The van der Waals surface area contributed by atoms with Crippen LogP contribution in [0.4, 0.5) is 13.2 Å². The molecule has 1 fully saturated rings. The fourth-order valence-electron chi connectivity index (χ4n) is 2.34. The Bertz CT molecular complexity index is 532. The molecule has 0 aliphatic carbocycles. The van der Waals surface area contributed by atoms with Gasteiger partial charge >= 0.3 is 6.18 Å². The number of nitrogens with zero attached hydrogens (tertiary/aromatic N) is 3. The number of piperazine rings is 1. The first-order valence-electron chi connectivity index (χ1n) is 6.98. The molecular formula is C13H20ClF3N4OS. The molecule has 1 aliphatic rings. The predicted molar refractivity (Wildman–Crippen MR) is 84.9 cm³/mol. The predicted octanol–water partition coefficient (Wildman–Crippen LogP) is 1.76. The number of amides is 1. The molecule has 5 nitrogen and oxygen atoms in total. The van der Waals surface area contributed by atoms with Gasteiger partial charge in [0.25, 0.3) is 0 Å². The van der Waals surface area contributed by atoms with Gasteiger partial charge in [0.15, 0.2) is 5.69 Å². The van der Waals surface area contributed by atoms with E-state index in [2.05, 4.69) is 10.3 Å². The minimum Gasteiger partial charge on any atom is -0.339 e. The lowest BCUT2D eigenvalue weighted by Gasteiger charge is -2.29. The summed E-state index contributed by atoms with van der Waals surface area (Å²) in [6.45, 7) is 4.51. The standard InChI is InChI=1S/C13H19F3N4OS.ClH/c1-9-18-12(13(14,15)16)10(22-9)7-19(2)8-11(21)20-5-3-17-4-6-20;/h17H,3-8H2,1-2H3;1H. The summed E-state index contributed by atoms with van der Waals surface area (Å²) in [7, 11) is 1.65. The highest BCUT2D eigenvalue weighted by molar-refractivity contribution is 7.11.